The van der Waals surface area contributed by atoms with E-state index in [1.165, 1.54) is 25.3 Å². The third-order valence-electron chi connectivity index (χ3n) is 3.95. The van der Waals surface area contributed by atoms with Crippen molar-refractivity contribution in [1.29, 1.82) is 0 Å². The molecule has 0 aliphatic carbocycles. The minimum absolute atomic E-state index is 0.0198. The van der Waals surface area contributed by atoms with E-state index in [1.807, 2.05) is 0 Å². The third kappa shape index (κ3) is 3.98. The summed E-state index contributed by atoms with van der Waals surface area (Å²) in [6.45, 7) is 0. The van der Waals surface area contributed by atoms with E-state index >= 15 is 0 Å². The van der Waals surface area contributed by atoms with Gasteiger partial charge in [0.2, 0.25) is 15.8 Å². The van der Waals surface area contributed by atoms with Crippen LogP contribution in [0.1, 0.15) is 5.76 Å². The molecular weight excluding hydrogens is 459 g/mol. The summed E-state index contributed by atoms with van der Waals surface area (Å²) in [5.41, 5.74) is -1.91. The summed E-state index contributed by atoms with van der Waals surface area (Å²) in [6, 6.07) is 4.64. The van der Waals surface area contributed by atoms with E-state index < -0.39 is 55.3 Å². The Morgan fingerprint density at radius 2 is 1.70 bits per heavy atom. The summed E-state index contributed by atoms with van der Waals surface area (Å²) in [4.78, 5) is -1.48. The first kappa shape index (κ1) is 22.0. The number of sulfonamides is 1. The molecule has 2 N–H and O–H groups in total. The predicted octanol–water partition coefficient (Wildman–Crippen LogP) is 4.62. The Morgan fingerprint density at radius 1 is 1.10 bits per heavy atom. The minimum Gasteiger partial charge on any atom is -0.495 e. The highest BCUT2D eigenvalue weighted by Gasteiger charge is 2.41. The lowest BCUT2D eigenvalue weighted by Crippen LogP contribution is -2.16. The van der Waals surface area contributed by atoms with Crippen LogP contribution >= 0.6 is 11.6 Å². The van der Waals surface area contributed by atoms with Gasteiger partial charge >= 0.3 is 6.18 Å². The van der Waals surface area contributed by atoms with Crippen LogP contribution in [0.3, 0.4) is 0 Å². The van der Waals surface area contributed by atoms with Gasteiger partial charge in [-0.1, -0.05) is 16.8 Å². The second kappa shape index (κ2) is 7.52. The maximum Gasteiger partial charge on any atom is 0.453 e. The number of ether oxygens (including phenoxy) is 1. The van der Waals surface area contributed by atoms with E-state index in [4.69, 9.17) is 21.5 Å². The van der Waals surface area contributed by atoms with Crippen molar-refractivity contribution in [2.75, 3.05) is 7.11 Å². The monoisotopic (exact) mass is 468 g/mol. The fourth-order valence-electron chi connectivity index (χ4n) is 2.74. The molecule has 0 aliphatic rings. The second-order valence-corrected chi connectivity index (χ2v) is 7.80. The molecule has 3 aromatic rings. The molecule has 0 aliphatic heterocycles. The van der Waals surface area contributed by atoms with Crippen LogP contribution in [0.15, 0.2) is 39.8 Å². The van der Waals surface area contributed by atoms with Crippen LogP contribution in [0.2, 0.25) is 5.02 Å². The SMILES string of the molecule is COc1ccc(-c2noc(C(F)(F)F)c2-c2cc(F)c(S(N)(=O)=O)c(F)c2)cc1Cl. The van der Waals surface area contributed by atoms with E-state index in [1.54, 1.807) is 0 Å². The first-order valence-corrected chi connectivity index (χ1v) is 9.70. The molecule has 0 spiro atoms. The van der Waals surface area contributed by atoms with Gasteiger partial charge in [0.25, 0.3) is 0 Å². The van der Waals surface area contributed by atoms with Gasteiger partial charge in [0, 0.05) is 5.56 Å². The fraction of sp³-hybridized carbons (Fsp3) is 0.118. The number of nitrogens with two attached hydrogens (primary N) is 1. The predicted molar refractivity (Wildman–Crippen MR) is 95.2 cm³/mol. The van der Waals surface area contributed by atoms with Gasteiger partial charge in [-0.3, -0.25) is 0 Å². The standard InChI is InChI=1S/C17H10ClF5N2O4S/c1-28-12-3-2-7(4-9(12)18)14-13(16(29-25-14)17(21,22)23)8-5-10(19)15(11(20)6-8)30(24,26)27/h2-6H,1H3,(H2,24,26,27). The lowest BCUT2D eigenvalue weighted by molar-refractivity contribution is -0.154. The molecular formula is C17H10ClF5N2O4S. The van der Waals surface area contributed by atoms with Crippen LogP contribution in [0.25, 0.3) is 22.4 Å². The smallest absolute Gasteiger partial charge is 0.453 e. The van der Waals surface area contributed by atoms with Crippen LogP contribution in [0.5, 0.6) is 5.75 Å². The van der Waals surface area contributed by atoms with Crippen molar-refractivity contribution >= 4 is 21.6 Å². The minimum atomic E-state index is -5.08. The Kier molecular flexibility index (Phi) is 5.52. The molecule has 0 unspecified atom stereocenters. The highest BCUT2D eigenvalue weighted by molar-refractivity contribution is 7.89. The normalized spacial score (nSPS) is 12.3. The summed E-state index contributed by atoms with van der Waals surface area (Å²) < 4.78 is 101. The Labute approximate surface area is 171 Å². The molecule has 0 amide bonds. The topological polar surface area (TPSA) is 95.4 Å². The van der Waals surface area contributed by atoms with Crippen LogP contribution in [0, 0.1) is 11.6 Å². The first-order valence-electron chi connectivity index (χ1n) is 7.77. The number of alkyl halides is 3. The zero-order chi connectivity index (χ0) is 22.4. The van der Waals surface area contributed by atoms with E-state index in [0.29, 0.717) is 12.1 Å². The second-order valence-electron chi connectivity index (χ2n) is 5.90. The maximum atomic E-state index is 14.3. The van der Waals surface area contributed by atoms with Crippen LogP contribution < -0.4 is 9.88 Å². The molecule has 30 heavy (non-hydrogen) atoms. The number of halogens is 6. The quantitative estimate of drug-likeness (QED) is 0.564. The summed E-state index contributed by atoms with van der Waals surface area (Å²) in [7, 11) is -3.48. The van der Waals surface area contributed by atoms with Gasteiger partial charge in [-0.15, -0.1) is 0 Å². The summed E-state index contributed by atoms with van der Waals surface area (Å²) in [6.07, 6.45) is -5.08. The summed E-state index contributed by atoms with van der Waals surface area (Å²) in [5, 5.41) is 8.15. The summed E-state index contributed by atoms with van der Waals surface area (Å²) in [5.74, 6) is -4.79. The summed E-state index contributed by atoms with van der Waals surface area (Å²) >= 11 is 5.99. The van der Waals surface area contributed by atoms with Crippen LogP contribution in [-0.4, -0.2) is 20.7 Å². The van der Waals surface area contributed by atoms with Gasteiger partial charge in [-0.05, 0) is 35.9 Å². The number of methoxy groups -OCH3 is 1. The van der Waals surface area contributed by atoms with E-state index in [-0.39, 0.29) is 16.3 Å². The molecule has 0 atom stereocenters. The molecule has 0 radical (unpaired) electrons. The van der Waals surface area contributed by atoms with Crippen molar-refractivity contribution in [3.8, 4) is 28.1 Å². The van der Waals surface area contributed by atoms with Gasteiger partial charge in [0.15, 0.2) is 4.90 Å². The van der Waals surface area contributed by atoms with Crippen LogP contribution in [0.4, 0.5) is 22.0 Å². The van der Waals surface area contributed by atoms with Crippen molar-refractivity contribution < 1.29 is 39.6 Å². The molecule has 2 aromatic carbocycles. The molecule has 13 heteroatoms. The zero-order valence-corrected chi connectivity index (χ0v) is 16.3. The molecule has 0 saturated heterocycles. The average molecular weight is 469 g/mol. The first-order chi connectivity index (χ1) is 13.8. The Morgan fingerprint density at radius 3 is 2.17 bits per heavy atom. The van der Waals surface area contributed by atoms with Gasteiger partial charge in [-0.25, -0.2) is 22.3 Å². The molecule has 1 aromatic heterocycles. The number of hydrogen-bond donors (Lipinski definition) is 1. The zero-order valence-electron chi connectivity index (χ0n) is 14.7. The van der Waals surface area contributed by atoms with E-state index in [9.17, 15) is 30.4 Å². The number of rotatable bonds is 4. The number of benzene rings is 2. The molecule has 1 heterocycles. The van der Waals surface area contributed by atoms with Crippen molar-refractivity contribution in [1.82, 2.24) is 5.16 Å². The maximum absolute atomic E-state index is 14.3. The van der Waals surface area contributed by atoms with Crippen molar-refractivity contribution in [2.24, 2.45) is 5.14 Å². The molecule has 0 fully saturated rings. The van der Waals surface area contributed by atoms with Gasteiger partial charge < -0.3 is 9.26 Å². The Balaban J connectivity index is 2.32. The highest BCUT2D eigenvalue weighted by Crippen LogP contribution is 2.44. The molecule has 6 nitrogen and oxygen atoms in total. The lowest BCUT2D eigenvalue weighted by atomic mass is 9.98. The highest BCUT2D eigenvalue weighted by atomic mass is 35.5. The molecule has 0 bridgehead atoms. The van der Waals surface area contributed by atoms with E-state index in [2.05, 4.69) is 9.68 Å². The number of aromatic nitrogens is 1. The third-order valence-corrected chi connectivity index (χ3v) is 5.20. The Hall–Kier alpha value is -2.70. The van der Waals surface area contributed by atoms with Crippen molar-refractivity contribution in [3.05, 3.63) is 52.7 Å². The van der Waals surface area contributed by atoms with Gasteiger partial charge in [0.1, 0.15) is 23.1 Å². The van der Waals surface area contributed by atoms with Crippen molar-refractivity contribution in [2.45, 2.75) is 11.1 Å². The number of nitrogens with zero attached hydrogens (tertiary/aromatic N) is 1. The average Bonchev–Trinajstić information content (AvgIpc) is 3.05. The molecule has 160 valence electrons. The van der Waals surface area contributed by atoms with E-state index in [0.717, 1.165) is 0 Å². The lowest BCUT2D eigenvalue weighted by Gasteiger charge is -2.10. The molecule has 3 rings (SSSR count). The fourth-order valence-corrected chi connectivity index (χ4v) is 3.66. The van der Waals surface area contributed by atoms with Crippen LogP contribution in [-0.2, 0) is 16.2 Å². The van der Waals surface area contributed by atoms with Crippen molar-refractivity contribution in [3.63, 3.8) is 0 Å². The number of hydrogen-bond acceptors (Lipinski definition) is 5. The van der Waals surface area contributed by atoms with Gasteiger partial charge in [0.05, 0.1) is 17.7 Å². The largest absolute Gasteiger partial charge is 0.495 e. The Bertz CT molecular complexity index is 1220. The molecule has 0 saturated carbocycles. The number of primary sulfonamides is 1. The van der Waals surface area contributed by atoms with Gasteiger partial charge in [-0.2, -0.15) is 13.2 Å².